The fourth-order valence-corrected chi connectivity index (χ4v) is 3.24. The molecule has 1 heterocycles. The minimum Gasteiger partial charge on any atom is -0.481 e. The van der Waals surface area contributed by atoms with E-state index in [4.69, 9.17) is 5.11 Å². The molecule has 134 valence electrons. The Balaban J connectivity index is 1.75. The molecule has 8 heteroatoms. The smallest absolute Gasteiger partial charge is 0.481 e. The highest BCUT2D eigenvalue weighted by molar-refractivity contribution is 5.70. The molecule has 1 saturated carbocycles. The van der Waals surface area contributed by atoms with E-state index < -0.39 is 12.3 Å². The number of hydrogen-bond acceptors (Lipinski definition) is 3. The summed E-state index contributed by atoms with van der Waals surface area (Å²) in [6.07, 6.45) is 1.42. The van der Waals surface area contributed by atoms with Crippen molar-refractivity contribution in [1.82, 2.24) is 9.55 Å². The number of carbonyl (C=O) groups is 1. The Morgan fingerprint density at radius 3 is 2.36 bits per heavy atom. The van der Waals surface area contributed by atoms with E-state index in [2.05, 4.69) is 9.72 Å². The number of aliphatic carboxylic acids is 1. The zero-order chi connectivity index (χ0) is 18.0. The van der Waals surface area contributed by atoms with E-state index in [1.807, 2.05) is 10.8 Å². The van der Waals surface area contributed by atoms with E-state index in [-0.39, 0.29) is 17.7 Å². The van der Waals surface area contributed by atoms with Gasteiger partial charge in [-0.25, -0.2) is 4.98 Å². The second-order valence-electron chi connectivity index (χ2n) is 6.07. The summed E-state index contributed by atoms with van der Waals surface area (Å²) in [4.78, 5) is 15.4. The highest BCUT2D eigenvalue weighted by atomic mass is 19.4. The van der Waals surface area contributed by atoms with Crippen LogP contribution < -0.4 is 4.74 Å². The molecule has 1 fully saturated rings. The molecule has 0 spiro atoms. The van der Waals surface area contributed by atoms with E-state index >= 15 is 0 Å². The van der Waals surface area contributed by atoms with Crippen molar-refractivity contribution in [2.75, 3.05) is 0 Å². The number of alkyl halides is 3. The lowest BCUT2D eigenvalue weighted by atomic mass is 9.86. The van der Waals surface area contributed by atoms with Crippen molar-refractivity contribution >= 4 is 5.97 Å². The maximum absolute atomic E-state index is 12.2. The van der Waals surface area contributed by atoms with Crippen molar-refractivity contribution < 1.29 is 27.8 Å². The van der Waals surface area contributed by atoms with E-state index in [0.29, 0.717) is 24.2 Å². The summed E-state index contributed by atoms with van der Waals surface area (Å²) >= 11 is 0. The lowest BCUT2D eigenvalue weighted by molar-refractivity contribution is -0.274. The highest BCUT2D eigenvalue weighted by Crippen LogP contribution is 2.35. The molecule has 1 aliphatic carbocycles. The molecule has 0 aliphatic heterocycles. The number of nitrogens with zero attached hydrogens (tertiary/aromatic N) is 2. The van der Waals surface area contributed by atoms with Gasteiger partial charge in [0.15, 0.2) is 0 Å². The number of imidazole rings is 1. The first-order valence-corrected chi connectivity index (χ1v) is 7.95. The maximum atomic E-state index is 12.2. The van der Waals surface area contributed by atoms with Crippen LogP contribution in [0.3, 0.4) is 0 Å². The molecule has 0 bridgehead atoms. The molecule has 2 aromatic rings. The van der Waals surface area contributed by atoms with Gasteiger partial charge in [-0.15, -0.1) is 13.2 Å². The third-order valence-corrected chi connectivity index (χ3v) is 4.45. The summed E-state index contributed by atoms with van der Waals surface area (Å²) < 4.78 is 42.5. The average molecular weight is 354 g/mol. The van der Waals surface area contributed by atoms with Crippen LogP contribution in [0.5, 0.6) is 5.75 Å². The van der Waals surface area contributed by atoms with Crippen LogP contribution >= 0.6 is 0 Å². The van der Waals surface area contributed by atoms with Crippen molar-refractivity contribution in [2.24, 2.45) is 5.92 Å². The monoisotopic (exact) mass is 354 g/mol. The standard InChI is InChI=1S/C17H17F3N2O3/c18-17(19,20)25-14-7-3-11(4-8-14)15-21-9-10-22(15)13-5-1-12(2-6-13)16(23)24/h3-4,7-10,12-13H,1-2,5-6H2,(H,23,24). The van der Waals surface area contributed by atoms with Gasteiger partial charge in [-0.3, -0.25) is 4.79 Å². The van der Waals surface area contributed by atoms with Gasteiger partial charge < -0.3 is 14.4 Å². The lowest BCUT2D eigenvalue weighted by Gasteiger charge is -2.28. The summed E-state index contributed by atoms with van der Waals surface area (Å²) in [7, 11) is 0. The van der Waals surface area contributed by atoms with Crippen LogP contribution in [0.15, 0.2) is 36.7 Å². The van der Waals surface area contributed by atoms with Gasteiger partial charge >= 0.3 is 12.3 Å². The molecule has 0 atom stereocenters. The van der Waals surface area contributed by atoms with Gasteiger partial charge in [-0.1, -0.05) is 0 Å². The Morgan fingerprint density at radius 1 is 1.16 bits per heavy atom. The number of aromatic nitrogens is 2. The highest BCUT2D eigenvalue weighted by Gasteiger charge is 2.31. The Morgan fingerprint density at radius 2 is 1.80 bits per heavy atom. The molecule has 1 aliphatic rings. The van der Waals surface area contributed by atoms with Crippen LogP contribution in [0.4, 0.5) is 13.2 Å². The van der Waals surface area contributed by atoms with E-state index in [9.17, 15) is 18.0 Å². The molecule has 0 amide bonds. The molecular formula is C17H17F3N2O3. The summed E-state index contributed by atoms with van der Waals surface area (Å²) in [5.74, 6) is -0.694. The van der Waals surface area contributed by atoms with Gasteiger partial charge in [-0.05, 0) is 49.9 Å². The average Bonchev–Trinajstić information content (AvgIpc) is 3.04. The molecule has 1 aromatic carbocycles. The molecular weight excluding hydrogens is 337 g/mol. The molecule has 5 nitrogen and oxygen atoms in total. The van der Waals surface area contributed by atoms with Crippen LogP contribution in [0.2, 0.25) is 0 Å². The predicted molar refractivity (Wildman–Crippen MR) is 83.0 cm³/mol. The van der Waals surface area contributed by atoms with Crippen LogP contribution in [-0.4, -0.2) is 27.0 Å². The van der Waals surface area contributed by atoms with Gasteiger partial charge in [0.05, 0.1) is 5.92 Å². The van der Waals surface area contributed by atoms with E-state index in [1.165, 1.54) is 24.3 Å². The lowest BCUT2D eigenvalue weighted by Crippen LogP contribution is -2.23. The molecule has 25 heavy (non-hydrogen) atoms. The van der Waals surface area contributed by atoms with E-state index in [1.54, 1.807) is 6.20 Å². The van der Waals surface area contributed by atoms with Gasteiger partial charge in [0.2, 0.25) is 0 Å². The SMILES string of the molecule is O=C(O)C1CCC(n2ccnc2-c2ccc(OC(F)(F)F)cc2)CC1. The van der Waals surface area contributed by atoms with Crippen molar-refractivity contribution in [3.8, 4) is 17.1 Å². The van der Waals surface area contributed by atoms with Crippen molar-refractivity contribution in [3.63, 3.8) is 0 Å². The molecule has 0 saturated heterocycles. The van der Waals surface area contributed by atoms with Crippen molar-refractivity contribution in [2.45, 2.75) is 38.1 Å². The zero-order valence-electron chi connectivity index (χ0n) is 13.2. The topological polar surface area (TPSA) is 64.3 Å². The number of halogens is 3. The molecule has 0 unspecified atom stereocenters. The van der Waals surface area contributed by atoms with Crippen LogP contribution in [-0.2, 0) is 4.79 Å². The number of carboxylic acids is 1. The second kappa shape index (κ2) is 6.78. The van der Waals surface area contributed by atoms with Crippen molar-refractivity contribution in [1.29, 1.82) is 0 Å². The Bertz CT molecular complexity index is 732. The Kier molecular flexibility index (Phi) is 4.69. The summed E-state index contributed by atoms with van der Waals surface area (Å²) in [5, 5.41) is 9.08. The fourth-order valence-electron chi connectivity index (χ4n) is 3.24. The first-order valence-electron chi connectivity index (χ1n) is 7.95. The molecule has 1 N–H and O–H groups in total. The molecule has 1 aromatic heterocycles. The Labute approximate surface area is 142 Å². The van der Waals surface area contributed by atoms with Crippen LogP contribution in [0, 0.1) is 5.92 Å². The third kappa shape index (κ3) is 4.12. The zero-order valence-corrected chi connectivity index (χ0v) is 13.2. The van der Waals surface area contributed by atoms with Gasteiger partial charge in [0.25, 0.3) is 0 Å². The first-order chi connectivity index (χ1) is 11.8. The second-order valence-corrected chi connectivity index (χ2v) is 6.07. The van der Waals surface area contributed by atoms with E-state index in [0.717, 1.165) is 12.8 Å². The number of carboxylic acid groups (broad SMARTS) is 1. The largest absolute Gasteiger partial charge is 0.573 e. The molecule has 0 radical (unpaired) electrons. The van der Waals surface area contributed by atoms with Gasteiger partial charge in [-0.2, -0.15) is 0 Å². The summed E-state index contributed by atoms with van der Waals surface area (Å²) in [6.45, 7) is 0. The number of benzene rings is 1. The quantitative estimate of drug-likeness (QED) is 0.891. The fraction of sp³-hybridized carbons (Fsp3) is 0.412. The maximum Gasteiger partial charge on any atom is 0.573 e. The minimum absolute atomic E-state index is 0.138. The minimum atomic E-state index is -4.72. The summed E-state index contributed by atoms with van der Waals surface area (Å²) in [6, 6.07) is 5.71. The Hall–Kier alpha value is -2.51. The number of ether oxygens (including phenoxy) is 1. The first kappa shape index (κ1) is 17.3. The third-order valence-electron chi connectivity index (χ3n) is 4.45. The van der Waals surface area contributed by atoms with Crippen LogP contribution in [0.25, 0.3) is 11.4 Å². The normalized spacial score (nSPS) is 21.1. The number of hydrogen-bond donors (Lipinski definition) is 1. The summed E-state index contributed by atoms with van der Waals surface area (Å²) in [5.41, 5.74) is 0.680. The molecule has 3 rings (SSSR count). The van der Waals surface area contributed by atoms with Gasteiger partial charge in [0.1, 0.15) is 11.6 Å². The van der Waals surface area contributed by atoms with Crippen LogP contribution in [0.1, 0.15) is 31.7 Å². The van der Waals surface area contributed by atoms with Crippen molar-refractivity contribution in [3.05, 3.63) is 36.7 Å². The predicted octanol–water partition coefficient (Wildman–Crippen LogP) is 4.26. The van der Waals surface area contributed by atoms with Gasteiger partial charge in [0, 0.05) is 24.0 Å². The number of rotatable bonds is 4.